The fraction of sp³-hybridized carbons (Fsp3) is 0.538. The second-order valence-electron chi connectivity index (χ2n) is 5.50. The third-order valence-electron chi connectivity index (χ3n) is 3.79. The zero-order valence-corrected chi connectivity index (χ0v) is 13.2. The lowest BCUT2D eigenvalue weighted by Crippen LogP contribution is -2.42. The van der Waals surface area contributed by atoms with Gasteiger partial charge in [-0.25, -0.2) is 12.8 Å². The molecular formula is C13H18ClFN2O3S. The minimum absolute atomic E-state index is 0.0249. The number of aliphatic hydroxyl groups is 1. The van der Waals surface area contributed by atoms with Gasteiger partial charge in [0.2, 0.25) is 10.0 Å². The first-order chi connectivity index (χ1) is 9.66. The molecule has 1 aromatic carbocycles. The van der Waals surface area contributed by atoms with E-state index < -0.39 is 21.4 Å². The van der Waals surface area contributed by atoms with E-state index in [1.165, 1.54) is 7.05 Å². The van der Waals surface area contributed by atoms with Gasteiger partial charge in [0.25, 0.3) is 0 Å². The molecule has 0 amide bonds. The van der Waals surface area contributed by atoms with E-state index in [9.17, 15) is 17.9 Å². The highest BCUT2D eigenvalue weighted by Crippen LogP contribution is 2.33. The van der Waals surface area contributed by atoms with E-state index >= 15 is 0 Å². The molecule has 2 rings (SSSR count). The Bertz CT molecular complexity index is 645. The largest absolute Gasteiger partial charge is 0.396 e. The maximum absolute atomic E-state index is 13.3. The molecule has 5 nitrogen and oxygen atoms in total. The Labute approximate surface area is 128 Å². The van der Waals surface area contributed by atoms with Crippen molar-refractivity contribution in [2.45, 2.75) is 36.2 Å². The van der Waals surface area contributed by atoms with Crippen molar-refractivity contribution in [1.82, 2.24) is 4.31 Å². The zero-order valence-electron chi connectivity index (χ0n) is 11.6. The Hall–Kier alpha value is -0.890. The molecule has 21 heavy (non-hydrogen) atoms. The summed E-state index contributed by atoms with van der Waals surface area (Å²) in [5.74, 6) is -0.768. The molecule has 118 valence electrons. The fourth-order valence-electron chi connectivity index (χ4n) is 2.60. The lowest BCUT2D eigenvalue weighted by Gasteiger charge is -2.28. The highest BCUT2D eigenvalue weighted by Gasteiger charge is 2.36. The van der Waals surface area contributed by atoms with Crippen LogP contribution in [0.25, 0.3) is 0 Å². The number of hydrogen-bond acceptors (Lipinski definition) is 4. The number of nitrogens with two attached hydrogens (primary N) is 1. The van der Waals surface area contributed by atoms with Gasteiger partial charge in [0.1, 0.15) is 10.7 Å². The molecule has 1 aromatic rings. The molecule has 3 N–H and O–H groups in total. The summed E-state index contributed by atoms with van der Waals surface area (Å²) in [4.78, 5) is -0.257. The molecule has 8 heteroatoms. The molecular weight excluding hydrogens is 319 g/mol. The van der Waals surface area contributed by atoms with E-state index in [2.05, 4.69) is 0 Å². The van der Waals surface area contributed by atoms with Crippen LogP contribution in [-0.4, -0.2) is 37.0 Å². The summed E-state index contributed by atoms with van der Waals surface area (Å²) >= 11 is 5.82. The number of nitrogen functional groups attached to an aromatic ring is 1. The molecule has 0 bridgehead atoms. The van der Waals surface area contributed by atoms with Crippen LogP contribution in [0, 0.1) is 5.82 Å². The predicted molar refractivity (Wildman–Crippen MR) is 79.1 cm³/mol. The minimum Gasteiger partial charge on any atom is -0.396 e. The zero-order chi connectivity index (χ0) is 15.8. The maximum Gasteiger partial charge on any atom is 0.244 e. The van der Waals surface area contributed by atoms with Crippen LogP contribution in [0.1, 0.15) is 25.7 Å². The lowest BCUT2D eigenvalue weighted by molar-refractivity contribution is 0.0333. The topological polar surface area (TPSA) is 83.6 Å². The van der Waals surface area contributed by atoms with E-state index in [1.54, 1.807) is 0 Å². The molecule has 0 radical (unpaired) electrons. The first-order valence-electron chi connectivity index (χ1n) is 6.59. The maximum atomic E-state index is 13.3. The fourth-order valence-corrected chi connectivity index (χ4v) is 4.37. The molecule has 1 saturated carbocycles. The van der Waals surface area contributed by atoms with Crippen LogP contribution in [0.2, 0.25) is 5.02 Å². The van der Waals surface area contributed by atoms with Gasteiger partial charge in [0, 0.05) is 13.6 Å². The molecule has 0 unspecified atom stereocenters. The third-order valence-corrected chi connectivity index (χ3v) is 6.06. The normalized spacial score (nSPS) is 18.3. The molecule has 0 atom stereocenters. The summed E-state index contributed by atoms with van der Waals surface area (Å²) in [5.41, 5.74) is 4.11. The highest BCUT2D eigenvalue weighted by atomic mass is 35.5. The number of benzene rings is 1. The van der Waals surface area contributed by atoms with Gasteiger partial charge < -0.3 is 10.8 Å². The Morgan fingerprint density at radius 2 is 2.00 bits per heavy atom. The minimum atomic E-state index is -3.94. The Kier molecular flexibility index (Phi) is 4.49. The number of sulfonamides is 1. The summed E-state index contributed by atoms with van der Waals surface area (Å²) in [6, 6.07) is 1.88. The summed E-state index contributed by atoms with van der Waals surface area (Å²) in [5, 5.41) is 10.1. The van der Waals surface area contributed by atoms with Gasteiger partial charge in [-0.1, -0.05) is 24.4 Å². The van der Waals surface area contributed by atoms with E-state index in [1.807, 2.05) is 0 Å². The van der Waals surface area contributed by atoms with E-state index in [0.717, 1.165) is 29.3 Å². The van der Waals surface area contributed by atoms with Crippen LogP contribution in [0.3, 0.4) is 0 Å². The van der Waals surface area contributed by atoms with E-state index in [0.29, 0.717) is 12.8 Å². The van der Waals surface area contributed by atoms with Crippen LogP contribution >= 0.6 is 11.6 Å². The SMILES string of the molecule is CN(CC1(O)CCCC1)S(=O)(=O)c1cc(N)c(F)cc1Cl. The summed E-state index contributed by atoms with van der Waals surface area (Å²) in [6.07, 6.45) is 2.86. The van der Waals surface area contributed by atoms with Crippen LogP contribution in [0.15, 0.2) is 17.0 Å². The van der Waals surface area contributed by atoms with Gasteiger partial charge in [-0.3, -0.25) is 0 Å². The van der Waals surface area contributed by atoms with Crippen LogP contribution in [0.5, 0.6) is 0 Å². The average Bonchev–Trinajstić information content (AvgIpc) is 2.80. The van der Waals surface area contributed by atoms with Gasteiger partial charge in [-0.05, 0) is 25.0 Å². The van der Waals surface area contributed by atoms with Crippen LogP contribution < -0.4 is 5.73 Å². The summed E-state index contributed by atoms with van der Waals surface area (Å²) in [7, 11) is -2.58. The molecule has 0 aliphatic heterocycles. The molecule has 0 aromatic heterocycles. The van der Waals surface area contributed by atoms with Gasteiger partial charge in [-0.15, -0.1) is 0 Å². The first-order valence-corrected chi connectivity index (χ1v) is 8.41. The summed E-state index contributed by atoms with van der Waals surface area (Å²) < 4.78 is 39.3. The Balaban J connectivity index is 2.31. The Morgan fingerprint density at radius 1 is 1.43 bits per heavy atom. The number of nitrogens with zero attached hydrogens (tertiary/aromatic N) is 1. The van der Waals surface area contributed by atoms with Crippen molar-refractivity contribution in [2.24, 2.45) is 0 Å². The van der Waals surface area contributed by atoms with Gasteiger partial charge in [0.05, 0.1) is 16.3 Å². The van der Waals surface area contributed by atoms with Crippen molar-refractivity contribution in [3.05, 3.63) is 23.0 Å². The Morgan fingerprint density at radius 3 is 2.57 bits per heavy atom. The van der Waals surface area contributed by atoms with Crippen LogP contribution in [-0.2, 0) is 10.0 Å². The van der Waals surface area contributed by atoms with Crippen LogP contribution in [0.4, 0.5) is 10.1 Å². The van der Waals surface area contributed by atoms with Crippen molar-refractivity contribution in [3.8, 4) is 0 Å². The van der Waals surface area contributed by atoms with E-state index in [4.69, 9.17) is 17.3 Å². The number of halogens is 2. The second kappa shape index (κ2) is 5.72. The number of rotatable bonds is 4. The summed E-state index contributed by atoms with van der Waals surface area (Å²) in [6.45, 7) is -0.0249. The van der Waals surface area contributed by atoms with Crippen molar-refractivity contribution < 1.29 is 17.9 Å². The molecule has 1 aliphatic carbocycles. The molecule has 1 fully saturated rings. The monoisotopic (exact) mass is 336 g/mol. The van der Waals surface area contributed by atoms with Gasteiger partial charge >= 0.3 is 0 Å². The third kappa shape index (κ3) is 3.31. The lowest BCUT2D eigenvalue weighted by atomic mass is 10.0. The quantitative estimate of drug-likeness (QED) is 0.824. The van der Waals surface area contributed by atoms with Crippen molar-refractivity contribution in [3.63, 3.8) is 0 Å². The smallest absolute Gasteiger partial charge is 0.244 e. The average molecular weight is 337 g/mol. The van der Waals surface area contributed by atoms with Crippen molar-refractivity contribution in [2.75, 3.05) is 19.3 Å². The molecule has 1 aliphatic rings. The first kappa shape index (κ1) is 16.5. The predicted octanol–water partition coefficient (Wildman–Crippen LogP) is 1.99. The van der Waals surface area contributed by atoms with E-state index in [-0.39, 0.29) is 22.2 Å². The number of likely N-dealkylation sites (N-methyl/N-ethyl adjacent to an activating group) is 1. The molecule has 0 heterocycles. The van der Waals surface area contributed by atoms with Gasteiger partial charge in [-0.2, -0.15) is 4.31 Å². The highest BCUT2D eigenvalue weighted by molar-refractivity contribution is 7.89. The molecule has 0 saturated heterocycles. The van der Waals surface area contributed by atoms with Crippen molar-refractivity contribution >= 4 is 27.3 Å². The standard InChI is InChI=1S/C13H18ClFN2O3S/c1-17(8-13(18)4-2-3-5-13)21(19,20)12-7-11(16)10(15)6-9(12)14/h6-7,18H,2-5,8,16H2,1H3. The number of anilines is 1. The second-order valence-corrected chi connectivity index (χ2v) is 7.92. The number of hydrogen-bond donors (Lipinski definition) is 2. The van der Waals surface area contributed by atoms with Crippen molar-refractivity contribution in [1.29, 1.82) is 0 Å². The van der Waals surface area contributed by atoms with Gasteiger partial charge in [0.15, 0.2) is 0 Å². The molecule has 0 spiro atoms.